The van der Waals surface area contributed by atoms with E-state index in [1.54, 1.807) is 12.1 Å². The number of ether oxygens (including phenoxy) is 2. The van der Waals surface area contributed by atoms with E-state index in [0.717, 1.165) is 17.5 Å². The number of nitrogens with one attached hydrogen (secondary N) is 2. The Morgan fingerprint density at radius 1 is 0.969 bits per heavy atom. The third-order valence-electron chi connectivity index (χ3n) is 4.77. The van der Waals surface area contributed by atoms with E-state index >= 15 is 0 Å². The van der Waals surface area contributed by atoms with Gasteiger partial charge in [0, 0.05) is 24.4 Å². The van der Waals surface area contributed by atoms with Gasteiger partial charge in [-0.05, 0) is 30.0 Å². The Hall–Kier alpha value is -3.06. The monoisotopic (exact) mass is 460 g/mol. The highest BCUT2D eigenvalue weighted by atomic mass is 35.5. The molecular weight excluding hydrogens is 432 g/mol. The van der Waals surface area contributed by atoms with Gasteiger partial charge in [0.25, 0.3) is 0 Å². The Morgan fingerprint density at radius 3 is 2.41 bits per heavy atom. The number of hydrogen-bond acceptors (Lipinski definition) is 5. The maximum atomic E-state index is 12.3. The number of halogens is 1. The maximum Gasteiger partial charge on any atom is 0.407 e. The maximum absolute atomic E-state index is 12.3. The molecule has 0 heterocycles. The van der Waals surface area contributed by atoms with Gasteiger partial charge in [0.05, 0.1) is 7.11 Å². The van der Waals surface area contributed by atoms with Crippen LogP contribution >= 0.6 is 11.6 Å². The molecule has 0 aliphatic rings. The standard InChI is InChI=1S/C24H29ClN2O5/c1-31-23(29)21(16-19-12-7-8-13-20(19)25)27-22(28)14-6-3-9-15-26-24(30)32-17-18-10-4-2-5-11-18/h2,4-5,7-8,10-13,21H,3,6,9,14-17H2,1H3,(H,26,30)(H,27,28)/t21-/m0/s1. The number of unbranched alkanes of at least 4 members (excludes halogenated alkanes) is 2. The summed E-state index contributed by atoms with van der Waals surface area (Å²) in [5.41, 5.74) is 1.68. The van der Waals surface area contributed by atoms with Gasteiger partial charge in [0.1, 0.15) is 12.6 Å². The van der Waals surface area contributed by atoms with Gasteiger partial charge < -0.3 is 20.1 Å². The predicted octanol–water partition coefficient (Wildman–Crippen LogP) is 4.03. The summed E-state index contributed by atoms with van der Waals surface area (Å²) in [4.78, 5) is 36.0. The van der Waals surface area contributed by atoms with Crippen molar-refractivity contribution in [1.82, 2.24) is 10.6 Å². The molecule has 0 unspecified atom stereocenters. The van der Waals surface area contributed by atoms with E-state index in [1.165, 1.54) is 7.11 Å². The zero-order valence-electron chi connectivity index (χ0n) is 18.1. The van der Waals surface area contributed by atoms with Crippen LogP contribution in [0.1, 0.15) is 36.8 Å². The van der Waals surface area contributed by atoms with Crippen LogP contribution in [0.2, 0.25) is 5.02 Å². The zero-order valence-corrected chi connectivity index (χ0v) is 18.9. The van der Waals surface area contributed by atoms with Gasteiger partial charge in [-0.25, -0.2) is 9.59 Å². The molecule has 0 bridgehead atoms. The molecule has 8 heteroatoms. The van der Waals surface area contributed by atoms with Gasteiger partial charge in [-0.15, -0.1) is 0 Å². The van der Waals surface area contributed by atoms with Crippen molar-refractivity contribution >= 4 is 29.6 Å². The molecule has 0 saturated carbocycles. The molecule has 0 saturated heterocycles. The highest BCUT2D eigenvalue weighted by molar-refractivity contribution is 6.31. The van der Waals surface area contributed by atoms with Crippen molar-refractivity contribution in [1.29, 1.82) is 0 Å². The van der Waals surface area contributed by atoms with E-state index in [9.17, 15) is 14.4 Å². The van der Waals surface area contributed by atoms with Crippen molar-refractivity contribution in [3.8, 4) is 0 Å². The summed E-state index contributed by atoms with van der Waals surface area (Å²) in [6, 6.07) is 15.8. The molecule has 0 aliphatic carbocycles. The number of esters is 1. The summed E-state index contributed by atoms with van der Waals surface area (Å²) in [6.07, 6.45) is 2.16. The lowest BCUT2D eigenvalue weighted by molar-refractivity contribution is -0.145. The Bertz CT molecular complexity index is 876. The summed E-state index contributed by atoms with van der Waals surface area (Å²) < 4.78 is 9.94. The molecule has 2 N–H and O–H groups in total. The SMILES string of the molecule is COC(=O)[C@H](Cc1ccccc1Cl)NC(=O)CCCCCNC(=O)OCc1ccccc1. The second-order valence-electron chi connectivity index (χ2n) is 7.24. The molecule has 2 rings (SSSR count). The molecule has 2 aromatic carbocycles. The summed E-state index contributed by atoms with van der Waals surface area (Å²) in [6.45, 7) is 0.689. The van der Waals surface area contributed by atoms with Crippen LogP contribution < -0.4 is 10.6 Å². The zero-order chi connectivity index (χ0) is 23.2. The normalized spacial score (nSPS) is 11.3. The van der Waals surface area contributed by atoms with Gasteiger partial charge in [-0.1, -0.05) is 66.6 Å². The number of carbonyl (C=O) groups is 3. The minimum atomic E-state index is -0.798. The lowest BCUT2D eigenvalue weighted by Crippen LogP contribution is -2.43. The number of alkyl carbamates (subject to hydrolysis) is 1. The second kappa shape index (κ2) is 14.1. The highest BCUT2D eigenvalue weighted by Gasteiger charge is 2.22. The molecule has 32 heavy (non-hydrogen) atoms. The fourth-order valence-electron chi connectivity index (χ4n) is 3.04. The van der Waals surface area contributed by atoms with E-state index in [2.05, 4.69) is 10.6 Å². The molecule has 0 radical (unpaired) electrons. The van der Waals surface area contributed by atoms with Crippen molar-refractivity contribution in [2.24, 2.45) is 0 Å². The van der Waals surface area contributed by atoms with E-state index in [1.807, 2.05) is 42.5 Å². The first-order valence-corrected chi connectivity index (χ1v) is 10.9. The van der Waals surface area contributed by atoms with Gasteiger partial charge in [0.2, 0.25) is 5.91 Å². The van der Waals surface area contributed by atoms with Crippen LogP contribution in [0.4, 0.5) is 4.79 Å². The lowest BCUT2D eigenvalue weighted by atomic mass is 10.1. The number of carbonyl (C=O) groups excluding carboxylic acids is 3. The number of methoxy groups -OCH3 is 1. The van der Waals surface area contributed by atoms with Crippen molar-refractivity contribution in [2.45, 2.75) is 44.8 Å². The van der Waals surface area contributed by atoms with Crippen molar-refractivity contribution in [3.63, 3.8) is 0 Å². The Morgan fingerprint density at radius 2 is 1.69 bits per heavy atom. The topological polar surface area (TPSA) is 93.7 Å². The van der Waals surface area contributed by atoms with E-state index in [4.69, 9.17) is 21.1 Å². The van der Waals surface area contributed by atoms with Crippen LogP contribution in [0.3, 0.4) is 0 Å². The van der Waals surface area contributed by atoms with Crippen LogP contribution in [-0.4, -0.2) is 37.7 Å². The average Bonchev–Trinajstić information content (AvgIpc) is 2.81. The van der Waals surface area contributed by atoms with Crippen molar-refractivity contribution in [2.75, 3.05) is 13.7 Å². The van der Waals surface area contributed by atoms with Crippen LogP contribution in [0.15, 0.2) is 54.6 Å². The molecule has 1 atom stereocenters. The van der Waals surface area contributed by atoms with Crippen LogP contribution in [0.5, 0.6) is 0 Å². The Balaban J connectivity index is 1.62. The number of benzene rings is 2. The highest BCUT2D eigenvalue weighted by Crippen LogP contribution is 2.17. The molecule has 7 nitrogen and oxygen atoms in total. The average molecular weight is 461 g/mol. The molecule has 0 fully saturated rings. The second-order valence-corrected chi connectivity index (χ2v) is 7.65. The van der Waals surface area contributed by atoms with Gasteiger partial charge >= 0.3 is 12.1 Å². The summed E-state index contributed by atoms with van der Waals surface area (Å²) >= 11 is 6.15. The quantitative estimate of drug-likeness (QED) is 0.368. The molecule has 0 aromatic heterocycles. The van der Waals surface area contributed by atoms with Crippen LogP contribution in [-0.2, 0) is 32.1 Å². The predicted molar refractivity (Wildman–Crippen MR) is 122 cm³/mol. The molecule has 2 amide bonds. The van der Waals surface area contributed by atoms with E-state index in [-0.39, 0.29) is 25.4 Å². The molecule has 2 aromatic rings. The minimum Gasteiger partial charge on any atom is -0.467 e. The minimum absolute atomic E-state index is 0.225. The van der Waals surface area contributed by atoms with Crippen LogP contribution in [0.25, 0.3) is 0 Å². The van der Waals surface area contributed by atoms with Gasteiger partial charge in [-0.3, -0.25) is 4.79 Å². The fraction of sp³-hybridized carbons (Fsp3) is 0.375. The molecular formula is C24H29ClN2O5. The van der Waals surface area contributed by atoms with Crippen LogP contribution in [0, 0.1) is 0 Å². The fourth-order valence-corrected chi connectivity index (χ4v) is 3.25. The summed E-state index contributed by atoms with van der Waals surface area (Å²) in [5, 5.41) is 5.95. The summed E-state index contributed by atoms with van der Waals surface area (Å²) in [5.74, 6) is -0.751. The molecule has 172 valence electrons. The molecule has 0 aliphatic heterocycles. The van der Waals surface area contributed by atoms with Gasteiger partial charge in [0.15, 0.2) is 0 Å². The molecule has 0 spiro atoms. The van der Waals surface area contributed by atoms with Crippen molar-refractivity contribution < 1.29 is 23.9 Å². The largest absolute Gasteiger partial charge is 0.467 e. The smallest absolute Gasteiger partial charge is 0.407 e. The van der Waals surface area contributed by atoms with E-state index in [0.29, 0.717) is 24.4 Å². The third kappa shape index (κ3) is 9.39. The third-order valence-corrected chi connectivity index (χ3v) is 5.13. The number of amides is 2. The Labute approximate surface area is 193 Å². The lowest BCUT2D eigenvalue weighted by Gasteiger charge is -2.17. The Kier molecular flexibility index (Phi) is 11.1. The van der Waals surface area contributed by atoms with Gasteiger partial charge in [-0.2, -0.15) is 0 Å². The summed E-state index contributed by atoms with van der Waals surface area (Å²) in [7, 11) is 1.28. The first kappa shape index (κ1) is 25.2. The number of hydrogen-bond donors (Lipinski definition) is 2. The number of rotatable bonds is 12. The van der Waals surface area contributed by atoms with E-state index < -0.39 is 18.1 Å². The first-order valence-electron chi connectivity index (χ1n) is 10.5. The first-order chi connectivity index (χ1) is 15.5. The van der Waals surface area contributed by atoms with Crippen molar-refractivity contribution in [3.05, 3.63) is 70.7 Å².